The number of rotatable bonds is 8. The number of hydrogen-bond donors (Lipinski definition) is 4. The molecule has 0 saturated carbocycles. The fourth-order valence-corrected chi connectivity index (χ4v) is 3.33. The summed E-state index contributed by atoms with van der Waals surface area (Å²) in [7, 11) is 0. The number of aliphatic carboxylic acids is 1. The molecular formula is C19H26ClN6O4-. The topological polar surface area (TPSA) is 147 Å². The van der Waals surface area contributed by atoms with Gasteiger partial charge in [0.1, 0.15) is 11.8 Å². The van der Waals surface area contributed by atoms with E-state index in [1.807, 2.05) is 0 Å². The Morgan fingerprint density at radius 2 is 1.87 bits per heavy atom. The number of nitrogens with one attached hydrogen (secondary N) is 1. The molecule has 10 nitrogen and oxygen atoms in total. The van der Waals surface area contributed by atoms with Crippen LogP contribution in [0.4, 0.5) is 0 Å². The van der Waals surface area contributed by atoms with E-state index in [1.165, 1.54) is 4.68 Å². The summed E-state index contributed by atoms with van der Waals surface area (Å²) in [5, 5.41) is 29.8. The number of piperazine rings is 1. The molecule has 1 fully saturated rings. The van der Waals surface area contributed by atoms with Gasteiger partial charge in [-0.05, 0) is 30.5 Å². The van der Waals surface area contributed by atoms with Crippen LogP contribution in [0.5, 0.6) is 5.75 Å². The molecule has 1 aromatic heterocycles. The lowest BCUT2D eigenvalue weighted by Crippen LogP contribution is -3.00. The molecule has 164 valence electrons. The Morgan fingerprint density at radius 3 is 2.50 bits per heavy atom. The van der Waals surface area contributed by atoms with Crippen LogP contribution >= 0.6 is 0 Å². The van der Waals surface area contributed by atoms with Crippen LogP contribution in [0.3, 0.4) is 0 Å². The largest absolute Gasteiger partial charge is 1.00 e. The lowest BCUT2D eigenvalue weighted by molar-refractivity contribution is -0.139. The Bertz CT molecular complexity index is 838. The summed E-state index contributed by atoms with van der Waals surface area (Å²) in [6, 6.07) is 5.57. The molecule has 0 bridgehead atoms. The van der Waals surface area contributed by atoms with Crippen LogP contribution < -0.4 is 23.5 Å². The van der Waals surface area contributed by atoms with E-state index in [-0.39, 0.29) is 36.9 Å². The maximum atomic E-state index is 13.0. The summed E-state index contributed by atoms with van der Waals surface area (Å²) < 4.78 is 1.43. The van der Waals surface area contributed by atoms with Crippen LogP contribution in [0.1, 0.15) is 36.2 Å². The molecule has 1 aliphatic heterocycles. The number of nitrogens with zero attached hydrogens (tertiary/aromatic N) is 4. The van der Waals surface area contributed by atoms with Crippen molar-refractivity contribution in [2.24, 2.45) is 5.73 Å². The molecule has 11 heteroatoms. The standard InChI is InChI=1S/C19H26N6O4.ClH/c20-15(11-13-1-3-14(26)4-2-13)16-12-25(23-22-16)17(5-6-18(27)28)19(29)24-9-7-21-8-10-24;/h1-4,12,15,17,21,26H,5-11,20H2,(H,27,28);1H/p-1. The van der Waals surface area contributed by atoms with Gasteiger partial charge in [-0.1, -0.05) is 17.3 Å². The van der Waals surface area contributed by atoms with Crippen LogP contribution in [0.2, 0.25) is 0 Å². The van der Waals surface area contributed by atoms with Gasteiger partial charge in [0.05, 0.1) is 17.9 Å². The third-order valence-electron chi connectivity index (χ3n) is 4.96. The average Bonchev–Trinajstić information content (AvgIpc) is 3.20. The van der Waals surface area contributed by atoms with Crippen molar-refractivity contribution in [3.63, 3.8) is 0 Å². The van der Waals surface area contributed by atoms with Gasteiger partial charge in [0, 0.05) is 32.6 Å². The fourth-order valence-electron chi connectivity index (χ4n) is 3.33. The third-order valence-corrected chi connectivity index (χ3v) is 4.96. The Kier molecular flexibility index (Phi) is 8.58. The first-order valence-corrected chi connectivity index (χ1v) is 9.60. The van der Waals surface area contributed by atoms with Crippen molar-refractivity contribution < 1.29 is 32.2 Å². The molecule has 1 amide bonds. The van der Waals surface area contributed by atoms with E-state index < -0.39 is 18.1 Å². The maximum absolute atomic E-state index is 13.0. The zero-order valence-electron chi connectivity index (χ0n) is 16.4. The van der Waals surface area contributed by atoms with Crippen molar-refractivity contribution in [1.82, 2.24) is 25.2 Å². The van der Waals surface area contributed by atoms with Crippen molar-refractivity contribution in [3.05, 3.63) is 41.7 Å². The average molecular weight is 438 g/mol. The Morgan fingerprint density at radius 1 is 1.20 bits per heavy atom. The Balaban J connectivity index is 0.00000320. The number of amides is 1. The molecule has 0 radical (unpaired) electrons. The van der Waals surface area contributed by atoms with Crippen LogP contribution in [-0.2, 0) is 16.0 Å². The molecule has 2 atom stereocenters. The van der Waals surface area contributed by atoms with Crippen molar-refractivity contribution in [3.8, 4) is 5.75 Å². The highest BCUT2D eigenvalue weighted by molar-refractivity contribution is 5.81. The Labute approximate surface area is 180 Å². The zero-order chi connectivity index (χ0) is 20.8. The molecule has 2 heterocycles. The molecule has 0 spiro atoms. The summed E-state index contributed by atoms with van der Waals surface area (Å²) in [4.78, 5) is 25.8. The predicted molar refractivity (Wildman–Crippen MR) is 104 cm³/mol. The second-order valence-electron chi connectivity index (χ2n) is 7.12. The quantitative estimate of drug-likeness (QED) is 0.343. The molecular weight excluding hydrogens is 412 g/mol. The minimum atomic E-state index is -0.965. The molecule has 2 unspecified atom stereocenters. The van der Waals surface area contributed by atoms with Crippen LogP contribution in [-0.4, -0.2) is 68.2 Å². The lowest BCUT2D eigenvalue weighted by atomic mass is 10.0. The van der Waals surface area contributed by atoms with Gasteiger partial charge in [-0.25, -0.2) is 4.68 Å². The summed E-state index contributed by atoms with van der Waals surface area (Å²) in [5.41, 5.74) is 7.70. The number of carbonyl (C=O) groups excluding carboxylic acids is 1. The van der Waals surface area contributed by atoms with E-state index in [0.717, 1.165) is 5.56 Å². The van der Waals surface area contributed by atoms with Crippen LogP contribution in [0.15, 0.2) is 30.5 Å². The van der Waals surface area contributed by atoms with Gasteiger partial charge in [-0.15, -0.1) is 5.10 Å². The summed E-state index contributed by atoms with van der Waals surface area (Å²) in [5.74, 6) is -0.940. The number of hydrogen-bond acceptors (Lipinski definition) is 7. The first-order valence-electron chi connectivity index (χ1n) is 9.60. The van der Waals surface area contributed by atoms with Gasteiger partial charge in [-0.2, -0.15) is 0 Å². The number of carbonyl (C=O) groups is 2. The number of aromatic hydroxyl groups is 1. The number of carboxylic acids is 1. The summed E-state index contributed by atoms with van der Waals surface area (Å²) >= 11 is 0. The van der Waals surface area contributed by atoms with Crippen molar-refractivity contribution in [1.29, 1.82) is 0 Å². The zero-order valence-corrected chi connectivity index (χ0v) is 17.2. The van der Waals surface area contributed by atoms with E-state index in [4.69, 9.17) is 10.8 Å². The third kappa shape index (κ3) is 6.15. The molecule has 1 saturated heterocycles. The first-order chi connectivity index (χ1) is 13.9. The minimum Gasteiger partial charge on any atom is -1.00 e. The summed E-state index contributed by atoms with van der Waals surface area (Å²) in [6.45, 7) is 2.56. The van der Waals surface area contributed by atoms with E-state index >= 15 is 0 Å². The molecule has 5 N–H and O–H groups in total. The van der Waals surface area contributed by atoms with Gasteiger partial charge < -0.3 is 38.6 Å². The van der Waals surface area contributed by atoms with Gasteiger partial charge >= 0.3 is 5.97 Å². The van der Waals surface area contributed by atoms with Gasteiger partial charge in [0.15, 0.2) is 0 Å². The van der Waals surface area contributed by atoms with E-state index in [9.17, 15) is 14.7 Å². The van der Waals surface area contributed by atoms with Gasteiger partial charge in [-0.3, -0.25) is 9.59 Å². The number of carboxylic acid groups (broad SMARTS) is 1. The first kappa shape index (κ1) is 23.6. The minimum absolute atomic E-state index is 0. The number of benzene rings is 1. The lowest BCUT2D eigenvalue weighted by Gasteiger charge is -2.30. The fraction of sp³-hybridized carbons (Fsp3) is 0.474. The van der Waals surface area contributed by atoms with Crippen molar-refractivity contribution >= 4 is 11.9 Å². The highest BCUT2D eigenvalue weighted by Crippen LogP contribution is 2.21. The number of aromatic nitrogens is 3. The molecule has 3 rings (SSSR count). The second-order valence-corrected chi connectivity index (χ2v) is 7.12. The molecule has 1 aromatic carbocycles. The number of nitrogens with two attached hydrogens (primary N) is 1. The molecule has 1 aliphatic rings. The number of phenols is 1. The van der Waals surface area contributed by atoms with Crippen LogP contribution in [0.25, 0.3) is 0 Å². The SMILES string of the molecule is NC(Cc1ccc(O)cc1)c1cn(C(CCC(=O)O)C(=O)N2CCNCC2)nn1.[Cl-]. The van der Waals surface area contributed by atoms with Crippen LogP contribution in [0, 0.1) is 0 Å². The Hall–Kier alpha value is -2.69. The predicted octanol–water partition coefficient (Wildman–Crippen LogP) is -2.93. The summed E-state index contributed by atoms with van der Waals surface area (Å²) in [6.07, 6.45) is 2.10. The normalized spacial score (nSPS) is 15.8. The maximum Gasteiger partial charge on any atom is 0.303 e. The van der Waals surface area contributed by atoms with E-state index in [1.54, 1.807) is 35.4 Å². The molecule has 30 heavy (non-hydrogen) atoms. The van der Waals surface area contributed by atoms with E-state index in [2.05, 4.69) is 15.6 Å². The van der Waals surface area contributed by atoms with Crippen molar-refractivity contribution in [2.45, 2.75) is 31.3 Å². The van der Waals surface area contributed by atoms with Gasteiger partial charge in [0.2, 0.25) is 5.91 Å². The highest BCUT2D eigenvalue weighted by atomic mass is 35.5. The van der Waals surface area contributed by atoms with Crippen molar-refractivity contribution in [2.75, 3.05) is 26.2 Å². The smallest absolute Gasteiger partial charge is 0.303 e. The number of halogens is 1. The molecule has 0 aliphatic carbocycles. The second kappa shape index (κ2) is 10.9. The highest BCUT2D eigenvalue weighted by Gasteiger charge is 2.29. The molecule has 2 aromatic rings. The van der Waals surface area contributed by atoms with E-state index in [0.29, 0.717) is 38.3 Å². The monoisotopic (exact) mass is 437 g/mol. The number of phenolic OH excluding ortho intramolecular Hbond substituents is 1. The van der Waals surface area contributed by atoms with Gasteiger partial charge in [0.25, 0.3) is 0 Å².